The molecule has 0 aromatic carbocycles. The molecule has 0 fully saturated rings. The van der Waals surface area contributed by atoms with Crippen LogP contribution in [0.1, 0.15) is 6.42 Å². The Morgan fingerprint density at radius 3 is 2.36 bits per heavy atom. The van der Waals surface area contributed by atoms with Gasteiger partial charge in [0.25, 0.3) is 0 Å². The van der Waals surface area contributed by atoms with Gasteiger partial charge < -0.3 is 0 Å². The molecule has 1 unspecified atom stereocenters. The average molecular weight is 171 g/mol. The van der Waals surface area contributed by atoms with Crippen LogP contribution in [-0.2, 0) is 4.79 Å². The summed E-state index contributed by atoms with van der Waals surface area (Å²) in [6.07, 6.45) is -7.31. The molecule has 0 aliphatic carbocycles. The second-order valence-electron chi connectivity index (χ2n) is 1.85. The van der Waals surface area contributed by atoms with Gasteiger partial charge in [-0.1, -0.05) is 0 Å². The van der Waals surface area contributed by atoms with Crippen molar-refractivity contribution in [1.82, 2.24) is 0 Å². The Morgan fingerprint density at radius 2 is 2.00 bits per heavy atom. The van der Waals surface area contributed by atoms with E-state index in [0.29, 0.717) is 0 Å². The van der Waals surface area contributed by atoms with Gasteiger partial charge in [-0.25, -0.2) is 14.2 Å². The zero-order chi connectivity index (χ0) is 8.91. The minimum atomic E-state index is -4.54. The summed E-state index contributed by atoms with van der Waals surface area (Å²) < 4.78 is 46.2. The lowest BCUT2D eigenvalue weighted by Crippen LogP contribution is -2.17. The minimum Gasteiger partial charge on any atom is -0.245 e. The number of isocyanates is 1. The van der Waals surface area contributed by atoms with Gasteiger partial charge in [0.15, 0.2) is 0 Å². The summed E-state index contributed by atoms with van der Waals surface area (Å²) in [6, 6.07) is 0. The van der Waals surface area contributed by atoms with Crippen LogP contribution in [0.5, 0.6) is 0 Å². The highest BCUT2D eigenvalue weighted by Crippen LogP contribution is 2.22. The highest BCUT2D eigenvalue weighted by Gasteiger charge is 2.31. The van der Waals surface area contributed by atoms with E-state index in [4.69, 9.17) is 0 Å². The number of carbonyl (C=O) groups excluding carboxylic acids is 1. The van der Waals surface area contributed by atoms with Gasteiger partial charge in [0.05, 0.1) is 13.0 Å². The van der Waals surface area contributed by atoms with Gasteiger partial charge in [0.1, 0.15) is 6.17 Å². The molecule has 64 valence electrons. The van der Waals surface area contributed by atoms with Crippen LogP contribution in [0.25, 0.3) is 0 Å². The van der Waals surface area contributed by atoms with Gasteiger partial charge in [-0.05, 0) is 0 Å². The topological polar surface area (TPSA) is 29.4 Å². The first-order valence-corrected chi connectivity index (χ1v) is 2.70. The van der Waals surface area contributed by atoms with Crippen LogP contribution in [0.2, 0.25) is 0 Å². The van der Waals surface area contributed by atoms with Gasteiger partial charge >= 0.3 is 6.18 Å². The Balaban J connectivity index is 3.69. The van der Waals surface area contributed by atoms with E-state index in [1.54, 1.807) is 0 Å². The summed E-state index contributed by atoms with van der Waals surface area (Å²) in [4.78, 5) is 12.0. The van der Waals surface area contributed by atoms with Crippen molar-refractivity contribution in [2.24, 2.45) is 4.99 Å². The number of hydrogen-bond donors (Lipinski definition) is 0. The molecule has 0 amide bonds. The monoisotopic (exact) mass is 171 g/mol. The molecule has 2 nitrogen and oxygen atoms in total. The predicted octanol–water partition coefficient (Wildman–Crippen LogP) is 1.61. The molecule has 0 saturated heterocycles. The van der Waals surface area contributed by atoms with Crippen LogP contribution in [0, 0.1) is 0 Å². The van der Waals surface area contributed by atoms with E-state index in [-0.39, 0.29) is 0 Å². The van der Waals surface area contributed by atoms with Crippen molar-refractivity contribution < 1.29 is 22.4 Å². The molecular weight excluding hydrogens is 166 g/mol. The van der Waals surface area contributed by atoms with Gasteiger partial charge in [-0.3, -0.25) is 0 Å². The minimum absolute atomic E-state index is 0.775. The number of hydrogen-bond acceptors (Lipinski definition) is 2. The Kier molecular flexibility index (Phi) is 3.74. The summed E-state index contributed by atoms with van der Waals surface area (Å²) >= 11 is 0. The van der Waals surface area contributed by atoms with Crippen molar-refractivity contribution in [3.63, 3.8) is 0 Å². The van der Waals surface area contributed by atoms with E-state index in [1.165, 1.54) is 0 Å². The molecule has 0 aliphatic rings. The maximum Gasteiger partial charge on any atom is 0.391 e. The van der Waals surface area contributed by atoms with Crippen LogP contribution < -0.4 is 0 Å². The zero-order valence-corrected chi connectivity index (χ0v) is 5.36. The van der Waals surface area contributed by atoms with Crippen molar-refractivity contribution in [3.05, 3.63) is 0 Å². The molecule has 0 aromatic heterocycles. The second-order valence-corrected chi connectivity index (χ2v) is 1.85. The summed E-state index contributed by atoms with van der Waals surface area (Å²) in [7, 11) is 0. The van der Waals surface area contributed by atoms with Crippen LogP contribution in [0.3, 0.4) is 0 Å². The quantitative estimate of drug-likeness (QED) is 0.360. The fourth-order valence-corrected chi connectivity index (χ4v) is 0.452. The fourth-order valence-electron chi connectivity index (χ4n) is 0.452. The molecule has 0 saturated carbocycles. The summed E-state index contributed by atoms with van der Waals surface area (Å²) in [5, 5.41) is 0. The Bertz CT molecular complexity index is 160. The zero-order valence-electron chi connectivity index (χ0n) is 5.36. The second kappa shape index (κ2) is 4.08. The maximum atomic E-state index is 12.1. The van der Waals surface area contributed by atoms with E-state index in [9.17, 15) is 22.4 Å². The number of rotatable bonds is 3. The third-order valence-electron chi connectivity index (χ3n) is 0.807. The molecule has 0 bridgehead atoms. The molecule has 0 spiro atoms. The van der Waals surface area contributed by atoms with Gasteiger partial charge in [0, 0.05) is 0 Å². The van der Waals surface area contributed by atoms with Gasteiger partial charge in [-0.2, -0.15) is 13.2 Å². The molecule has 0 rings (SSSR count). The van der Waals surface area contributed by atoms with Crippen molar-refractivity contribution in [2.45, 2.75) is 18.8 Å². The summed E-state index contributed by atoms with van der Waals surface area (Å²) in [6.45, 7) is -0.775. The molecule has 0 heterocycles. The van der Waals surface area contributed by atoms with Gasteiger partial charge in [-0.15, -0.1) is 0 Å². The van der Waals surface area contributed by atoms with Gasteiger partial charge in [0.2, 0.25) is 6.08 Å². The highest BCUT2D eigenvalue weighted by atomic mass is 19.4. The number of aliphatic imine (C=N–C) groups is 1. The normalized spacial score (nSPS) is 13.8. The average Bonchev–Trinajstić information content (AvgIpc) is 1.79. The van der Waals surface area contributed by atoms with Crippen LogP contribution in [0.4, 0.5) is 17.6 Å². The summed E-state index contributed by atoms with van der Waals surface area (Å²) in [5.41, 5.74) is 0. The SMILES string of the molecule is O=C=NCC(F)CC(F)(F)F. The molecule has 0 aromatic rings. The van der Waals surface area contributed by atoms with Crippen LogP contribution in [-0.4, -0.2) is 25.0 Å². The molecule has 0 radical (unpaired) electrons. The van der Waals surface area contributed by atoms with E-state index >= 15 is 0 Å². The maximum absolute atomic E-state index is 12.1. The molecule has 6 heteroatoms. The van der Waals surface area contributed by atoms with Crippen molar-refractivity contribution in [3.8, 4) is 0 Å². The first-order valence-electron chi connectivity index (χ1n) is 2.70. The van der Waals surface area contributed by atoms with Crippen molar-refractivity contribution >= 4 is 6.08 Å². The Labute approximate surface area is 59.9 Å². The predicted molar refractivity (Wildman–Crippen MR) is 28.6 cm³/mol. The van der Waals surface area contributed by atoms with Crippen molar-refractivity contribution in [2.75, 3.05) is 6.54 Å². The van der Waals surface area contributed by atoms with E-state index in [0.717, 1.165) is 6.08 Å². The smallest absolute Gasteiger partial charge is 0.245 e. The molecule has 11 heavy (non-hydrogen) atoms. The molecule has 0 N–H and O–H groups in total. The number of alkyl halides is 4. The largest absolute Gasteiger partial charge is 0.391 e. The number of halogens is 4. The van der Waals surface area contributed by atoms with Crippen molar-refractivity contribution in [1.29, 1.82) is 0 Å². The van der Waals surface area contributed by atoms with Crippen LogP contribution in [0.15, 0.2) is 4.99 Å². The van der Waals surface area contributed by atoms with E-state index in [2.05, 4.69) is 4.99 Å². The molecule has 0 aliphatic heterocycles. The standard InChI is InChI=1S/C5H5F4NO/c6-4(2-10-3-11)1-5(7,8)9/h4H,1-2H2. The fraction of sp³-hybridized carbons (Fsp3) is 0.800. The molecule has 1 atom stereocenters. The van der Waals surface area contributed by atoms with E-state index < -0.39 is 25.3 Å². The lowest BCUT2D eigenvalue weighted by molar-refractivity contribution is -0.145. The Morgan fingerprint density at radius 1 is 1.45 bits per heavy atom. The molecular formula is C5H5F4NO. The van der Waals surface area contributed by atoms with E-state index in [1.807, 2.05) is 0 Å². The first kappa shape index (κ1) is 10.1. The number of nitrogens with zero attached hydrogens (tertiary/aromatic N) is 1. The lowest BCUT2D eigenvalue weighted by Gasteiger charge is -2.07. The third kappa shape index (κ3) is 6.99. The highest BCUT2D eigenvalue weighted by molar-refractivity contribution is 5.32. The summed E-state index contributed by atoms with van der Waals surface area (Å²) in [5.74, 6) is 0. The third-order valence-corrected chi connectivity index (χ3v) is 0.807. The first-order chi connectivity index (χ1) is 4.95. The van der Waals surface area contributed by atoms with Crippen LogP contribution >= 0.6 is 0 Å². The Hall–Kier alpha value is -0.900. The lowest BCUT2D eigenvalue weighted by atomic mass is 10.3.